The van der Waals surface area contributed by atoms with Gasteiger partial charge < -0.3 is 14.0 Å². The summed E-state index contributed by atoms with van der Waals surface area (Å²) in [7, 11) is 1.94. The van der Waals surface area contributed by atoms with E-state index in [-0.39, 0.29) is 6.10 Å². The van der Waals surface area contributed by atoms with E-state index in [0.29, 0.717) is 6.61 Å². The number of hydrogen-bond acceptors (Lipinski definition) is 8. The van der Waals surface area contributed by atoms with Crippen LogP contribution in [-0.2, 0) is 7.05 Å². The van der Waals surface area contributed by atoms with E-state index in [1.165, 1.54) is 22.2 Å². The Hall–Kier alpha value is -2.65. The largest absolute Gasteiger partial charge is 0.485 e. The molecule has 0 saturated carbocycles. The van der Waals surface area contributed by atoms with Crippen LogP contribution in [0, 0.1) is 13.8 Å². The molecule has 142 valence electrons. The van der Waals surface area contributed by atoms with Crippen molar-refractivity contribution in [1.82, 2.24) is 24.7 Å². The highest BCUT2D eigenvalue weighted by Crippen LogP contribution is 2.38. The van der Waals surface area contributed by atoms with Gasteiger partial charge in [0.25, 0.3) is 0 Å². The van der Waals surface area contributed by atoms with Gasteiger partial charge in [-0.05, 0) is 43.3 Å². The number of fused-ring (bicyclic) bond motifs is 2. The molecule has 0 spiro atoms. The van der Waals surface area contributed by atoms with Crippen LogP contribution in [0.15, 0.2) is 40.8 Å². The number of nitrogens with zero attached hydrogens (tertiary/aromatic N) is 5. The van der Waals surface area contributed by atoms with E-state index in [1.54, 1.807) is 17.7 Å². The zero-order valence-corrected chi connectivity index (χ0v) is 17.2. The molecule has 4 aromatic rings. The standard InChI is InChI=1S/C19H17N5O2S2/c1-10-11(2)27-17-15(10)18(21-9-20-17)28-19-23-22-16(24(19)3)14-8-25-12-6-4-5-7-13(12)26-14/h4-7,9,14H,8H2,1-3H3/t14-/m0/s1. The summed E-state index contributed by atoms with van der Waals surface area (Å²) in [5, 5.41) is 11.5. The molecule has 7 nitrogen and oxygen atoms in total. The fraction of sp³-hybridized carbons (Fsp3) is 0.263. The highest BCUT2D eigenvalue weighted by molar-refractivity contribution is 7.99. The molecule has 0 radical (unpaired) electrons. The quantitative estimate of drug-likeness (QED) is 0.470. The van der Waals surface area contributed by atoms with Crippen molar-refractivity contribution in [2.75, 3.05) is 6.61 Å². The van der Waals surface area contributed by atoms with Crippen LogP contribution in [0.5, 0.6) is 11.5 Å². The minimum atomic E-state index is -0.308. The number of aromatic nitrogens is 5. The summed E-state index contributed by atoms with van der Waals surface area (Å²) in [6.07, 6.45) is 1.30. The smallest absolute Gasteiger partial charge is 0.197 e. The lowest BCUT2D eigenvalue weighted by Crippen LogP contribution is -2.24. The number of ether oxygens (including phenoxy) is 2. The summed E-state index contributed by atoms with van der Waals surface area (Å²) in [5.41, 5.74) is 1.21. The second-order valence-corrected chi connectivity index (χ2v) is 8.67. The lowest BCUT2D eigenvalue weighted by molar-refractivity contribution is 0.0825. The highest BCUT2D eigenvalue weighted by Gasteiger charge is 2.28. The Morgan fingerprint density at radius 3 is 2.82 bits per heavy atom. The number of para-hydroxylation sites is 2. The van der Waals surface area contributed by atoms with Crippen LogP contribution in [0.2, 0.25) is 0 Å². The molecule has 1 aliphatic rings. The molecule has 5 rings (SSSR count). The van der Waals surface area contributed by atoms with Crippen LogP contribution in [0.3, 0.4) is 0 Å². The molecule has 3 aromatic heterocycles. The first-order valence-corrected chi connectivity index (χ1v) is 10.4. The summed E-state index contributed by atoms with van der Waals surface area (Å²) < 4.78 is 13.8. The molecule has 0 unspecified atom stereocenters. The van der Waals surface area contributed by atoms with Crippen molar-refractivity contribution >= 4 is 33.3 Å². The van der Waals surface area contributed by atoms with Gasteiger partial charge in [0, 0.05) is 17.3 Å². The average Bonchev–Trinajstić information content (AvgIpc) is 3.21. The van der Waals surface area contributed by atoms with Crippen molar-refractivity contribution < 1.29 is 9.47 Å². The topological polar surface area (TPSA) is 75.0 Å². The third-order valence-electron chi connectivity index (χ3n) is 4.78. The van der Waals surface area contributed by atoms with Gasteiger partial charge in [-0.2, -0.15) is 0 Å². The molecule has 0 saturated heterocycles. The maximum atomic E-state index is 6.07. The first kappa shape index (κ1) is 17.4. The van der Waals surface area contributed by atoms with Gasteiger partial charge in [-0.25, -0.2) is 9.97 Å². The van der Waals surface area contributed by atoms with Crippen LogP contribution >= 0.6 is 23.1 Å². The molecule has 1 aliphatic heterocycles. The highest BCUT2D eigenvalue weighted by atomic mass is 32.2. The number of rotatable bonds is 3. The molecular weight excluding hydrogens is 394 g/mol. The van der Waals surface area contributed by atoms with E-state index in [0.717, 1.165) is 37.7 Å². The van der Waals surface area contributed by atoms with E-state index >= 15 is 0 Å². The first-order valence-electron chi connectivity index (χ1n) is 8.78. The van der Waals surface area contributed by atoms with Crippen LogP contribution in [0.25, 0.3) is 10.2 Å². The number of thiophene rings is 1. The lowest BCUT2D eigenvalue weighted by Gasteiger charge is -2.25. The molecule has 1 atom stereocenters. The number of benzene rings is 1. The zero-order chi connectivity index (χ0) is 19.3. The molecular formula is C19H17N5O2S2. The van der Waals surface area contributed by atoms with Gasteiger partial charge in [0.1, 0.15) is 22.8 Å². The predicted molar refractivity (Wildman–Crippen MR) is 107 cm³/mol. The van der Waals surface area contributed by atoms with E-state index in [1.807, 2.05) is 35.9 Å². The summed E-state index contributed by atoms with van der Waals surface area (Å²) in [4.78, 5) is 11.1. The molecule has 4 heterocycles. The van der Waals surface area contributed by atoms with Gasteiger partial charge in [-0.3, -0.25) is 0 Å². The van der Waals surface area contributed by atoms with Gasteiger partial charge in [-0.1, -0.05) is 12.1 Å². The SMILES string of the molecule is Cc1sc2ncnc(Sc3nnc([C@@H]4COc5ccccc5O4)n3C)c2c1C. The van der Waals surface area contributed by atoms with Crippen LogP contribution in [0.1, 0.15) is 22.4 Å². The van der Waals surface area contributed by atoms with Gasteiger partial charge in [0.15, 0.2) is 28.6 Å². The van der Waals surface area contributed by atoms with Crippen LogP contribution in [-0.4, -0.2) is 31.3 Å². The van der Waals surface area contributed by atoms with Gasteiger partial charge in [-0.15, -0.1) is 21.5 Å². The Morgan fingerprint density at radius 2 is 1.96 bits per heavy atom. The van der Waals surface area contributed by atoms with Gasteiger partial charge in [0.2, 0.25) is 0 Å². The van der Waals surface area contributed by atoms with Crippen molar-refractivity contribution in [3.63, 3.8) is 0 Å². The zero-order valence-electron chi connectivity index (χ0n) is 15.5. The van der Waals surface area contributed by atoms with E-state index in [2.05, 4.69) is 34.0 Å². The molecule has 0 aliphatic carbocycles. The fourth-order valence-electron chi connectivity index (χ4n) is 3.16. The second kappa shape index (κ2) is 6.75. The van der Waals surface area contributed by atoms with Crippen molar-refractivity contribution in [2.24, 2.45) is 7.05 Å². The Balaban J connectivity index is 1.46. The molecule has 28 heavy (non-hydrogen) atoms. The Labute approximate surface area is 169 Å². The monoisotopic (exact) mass is 411 g/mol. The first-order chi connectivity index (χ1) is 13.6. The third-order valence-corrected chi connectivity index (χ3v) is 6.94. The molecule has 0 N–H and O–H groups in total. The van der Waals surface area contributed by atoms with E-state index < -0.39 is 0 Å². The summed E-state index contributed by atoms with van der Waals surface area (Å²) in [5.74, 6) is 2.19. The number of aryl methyl sites for hydroxylation is 2. The minimum absolute atomic E-state index is 0.308. The molecule has 0 amide bonds. The average molecular weight is 412 g/mol. The maximum absolute atomic E-state index is 6.07. The Bertz CT molecular complexity index is 1190. The van der Waals surface area contributed by atoms with Crippen molar-refractivity contribution in [2.45, 2.75) is 30.1 Å². The van der Waals surface area contributed by atoms with Crippen molar-refractivity contribution in [3.8, 4) is 11.5 Å². The summed E-state index contributed by atoms with van der Waals surface area (Å²) in [6.45, 7) is 4.61. The molecule has 1 aromatic carbocycles. The van der Waals surface area contributed by atoms with E-state index in [9.17, 15) is 0 Å². The van der Waals surface area contributed by atoms with E-state index in [4.69, 9.17) is 9.47 Å². The Morgan fingerprint density at radius 1 is 1.14 bits per heavy atom. The van der Waals surface area contributed by atoms with Gasteiger partial charge >= 0.3 is 0 Å². The molecule has 0 bridgehead atoms. The molecule has 9 heteroatoms. The van der Waals surface area contributed by atoms with Crippen LogP contribution in [0.4, 0.5) is 0 Å². The predicted octanol–water partition coefficient (Wildman–Crippen LogP) is 4.10. The third kappa shape index (κ3) is 2.82. The van der Waals surface area contributed by atoms with Crippen molar-refractivity contribution in [1.29, 1.82) is 0 Å². The minimum Gasteiger partial charge on any atom is -0.485 e. The maximum Gasteiger partial charge on any atom is 0.197 e. The van der Waals surface area contributed by atoms with Crippen molar-refractivity contribution in [3.05, 3.63) is 46.9 Å². The number of hydrogen-bond donors (Lipinski definition) is 0. The fourth-order valence-corrected chi connectivity index (χ4v) is 5.15. The summed E-state index contributed by atoms with van der Waals surface area (Å²) >= 11 is 3.18. The molecule has 0 fully saturated rings. The van der Waals surface area contributed by atoms with Gasteiger partial charge in [0.05, 0.1) is 0 Å². The second-order valence-electron chi connectivity index (χ2n) is 6.51. The lowest BCUT2D eigenvalue weighted by atomic mass is 10.2. The summed E-state index contributed by atoms with van der Waals surface area (Å²) in [6, 6.07) is 7.64. The normalized spacial score (nSPS) is 15.9. The Kier molecular flexibility index (Phi) is 4.21. The van der Waals surface area contributed by atoms with Crippen LogP contribution < -0.4 is 9.47 Å².